The van der Waals surface area contributed by atoms with Gasteiger partial charge >= 0.3 is 5.97 Å². The molecule has 0 bridgehead atoms. The molecule has 3 rings (SSSR count). The Morgan fingerprint density at radius 2 is 2.16 bits per heavy atom. The van der Waals surface area contributed by atoms with Crippen molar-refractivity contribution in [2.24, 2.45) is 0 Å². The number of nitrogens with one attached hydrogen (secondary N) is 1. The smallest absolute Gasteiger partial charge is 0.322 e. The van der Waals surface area contributed by atoms with E-state index < -0.39 is 0 Å². The molecule has 2 heterocycles. The van der Waals surface area contributed by atoms with Crippen LogP contribution in [0.15, 0.2) is 30.3 Å². The third kappa shape index (κ3) is 4.95. The minimum Gasteiger partial charge on any atom is -0.468 e. The summed E-state index contributed by atoms with van der Waals surface area (Å²) in [7, 11) is 1.41. The van der Waals surface area contributed by atoms with Gasteiger partial charge in [-0.25, -0.2) is 0 Å². The molecule has 7 heteroatoms. The molecule has 0 radical (unpaired) electrons. The van der Waals surface area contributed by atoms with Crippen LogP contribution in [-0.2, 0) is 30.3 Å². The van der Waals surface area contributed by atoms with E-state index >= 15 is 0 Å². The number of epoxide rings is 1. The lowest BCUT2D eigenvalue weighted by Gasteiger charge is -2.28. The van der Waals surface area contributed by atoms with E-state index in [0.29, 0.717) is 13.2 Å². The van der Waals surface area contributed by atoms with Gasteiger partial charge in [-0.2, -0.15) is 11.8 Å². The highest BCUT2D eigenvalue weighted by atomic mass is 32.2. The Labute approximate surface area is 152 Å². The molecule has 0 unspecified atom stereocenters. The Morgan fingerprint density at radius 3 is 2.88 bits per heavy atom. The first kappa shape index (κ1) is 18.7. The standard InChI is InChI=1S/C18H25NO5S/c1-21-17(20)13(8-9-25-2)19-14-11-23-18(16-15(14)24-16)22-10-12-6-4-3-5-7-12/h3-7,13-16,18-19H,8-11H2,1-2H3/t13-,14+,15-,16-,18-/m0/s1. The van der Waals surface area contributed by atoms with Crippen LogP contribution >= 0.6 is 11.8 Å². The van der Waals surface area contributed by atoms with Gasteiger partial charge in [-0.3, -0.25) is 10.1 Å². The van der Waals surface area contributed by atoms with E-state index in [1.165, 1.54) is 7.11 Å². The Morgan fingerprint density at radius 1 is 1.36 bits per heavy atom. The van der Waals surface area contributed by atoms with Gasteiger partial charge in [0.15, 0.2) is 6.29 Å². The summed E-state index contributed by atoms with van der Waals surface area (Å²) in [5.74, 6) is 0.645. The number of rotatable bonds is 9. The Bertz CT molecular complexity index is 558. The first-order valence-corrected chi connectivity index (χ1v) is 9.87. The maximum absolute atomic E-state index is 11.9. The molecule has 138 valence electrons. The van der Waals surface area contributed by atoms with E-state index in [9.17, 15) is 4.79 Å². The summed E-state index contributed by atoms with van der Waals surface area (Å²) in [5, 5.41) is 3.33. The largest absolute Gasteiger partial charge is 0.468 e. The molecule has 2 aliphatic heterocycles. The van der Waals surface area contributed by atoms with Crippen LogP contribution in [0.3, 0.4) is 0 Å². The van der Waals surface area contributed by atoms with Crippen molar-refractivity contribution in [3.63, 3.8) is 0 Å². The lowest BCUT2D eigenvalue weighted by molar-refractivity contribution is -0.171. The summed E-state index contributed by atoms with van der Waals surface area (Å²) in [6, 6.07) is 9.63. The van der Waals surface area contributed by atoms with Crippen molar-refractivity contribution in [2.45, 2.75) is 43.6 Å². The fourth-order valence-corrected chi connectivity index (χ4v) is 3.48. The number of ether oxygens (including phenoxy) is 4. The Balaban J connectivity index is 1.47. The van der Waals surface area contributed by atoms with Gasteiger partial charge in [-0.1, -0.05) is 30.3 Å². The molecule has 0 amide bonds. The Hall–Kier alpha value is -1.12. The average Bonchev–Trinajstić information content (AvgIpc) is 3.45. The number of methoxy groups -OCH3 is 1. The average molecular weight is 367 g/mol. The molecule has 25 heavy (non-hydrogen) atoms. The summed E-state index contributed by atoms with van der Waals surface area (Å²) in [6.07, 6.45) is 2.33. The number of thioether (sulfide) groups is 1. The molecule has 2 aliphatic rings. The number of carbonyl (C=O) groups is 1. The number of benzene rings is 1. The van der Waals surface area contributed by atoms with E-state index in [1.54, 1.807) is 11.8 Å². The third-order valence-corrected chi connectivity index (χ3v) is 5.08. The minimum atomic E-state index is -0.356. The zero-order chi connectivity index (χ0) is 17.6. The second-order valence-corrected chi connectivity index (χ2v) is 7.18. The Kier molecular flexibility index (Phi) is 6.72. The van der Waals surface area contributed by atoms with Crippen molar-refractivity contribution in [2.75, 3.05) is 25.7 Å². The summed E-state index contributed by atoms with van der Waals surface area (Å²) in [6.45, 7) is 0.947. The van der Waals surface area contributed by atoms with Gasteiger partial charge in [-0.15, -0.1) is 0 Å². The normalized spacial score (nSPS) is 28.9. The molecule has 1 aromatic carbocycles. The molecule has 1 aromatic rings. The van der Waals surface area contributed by atoms with Gasteiger partial charge in [0.1, 0.15) is 18.2 Å². The first-order chi connectivity index (χ1) is 12.2. The SMILES string of the molecule is COC(=O)[C@H](CCSC)N[C@@H]1CO[C@H](OCc2ccccc2)[C@H]2O[C@H]21. The van der Waals surface area contributed by atoms with Crippen molar-refractivity contribution in [3.05, 3.63) is 35.9 Å². The van der Waals surface area contributed by atoms with Crippen LogP contribution in [0.5, 0.6) is 0 Å². The fourth-order valence-electron chi connectivity index (χ4n) is 3.01. The van der Waals surface area contributed by atoms with Gasteiger partial charge < -0.3 is 18.9 Å². The number of fused-ring (bicyclic) bond motifs is 1. The third-order valence-electron chi connectivity index (χ3n) is 4.44. The second kappa shape index (κ2) is 9.00. The zero-order valence-corrected chi connectivity index (χ0v) is 15.4. The maximum Gasteiger partial charge on any atom is 0.322 e. The zero-order valence-electron chi connectivity index (χ0n) is 14.6. The topological polar surface area (TPSA) is 69.3 Å². The number of carbonyl (C=O) groups excluding carboxylic acids is 1. The molecule has 0 spiro atoms. The molecular formula is C18H25NO5S. The van der Waals surface area contributed by atoms with Crippen LogP contribution in [0.2, 0.25) is 0 Å². The molecule has 2 fully saturated rings. The summed E-state index contributed by atoms with van der Waals surface area (Å²) in [5.41, 5.74) is 1.10. The predicted octanol–water partition coefficient (Wildman–Crippen LogP) is 1.58. The number of hydrogen-bond acceptors (Lipinski definition) is 7. The highest BCUT2D eigenvalue weighted by Gasteiger charge is 2.55. The molecule has 5 atom stereocenters. The van der Waals surface area contributed by atoms with Crippen LogP contribution in [0.1, 0.15) is 12.0 Å². The molecule has 0 aliphatic carbocycles. The minimum absolute atomic E-state index is 0.0208. The lowest BCUT2D eigenvalue weighted by atomic mass is 10.1. The second-order valence-electron chi connectivity index (χ2n) is 6.19. The first-order valence-electron chi connectivity index (χ1n) is 8.48. The van der Waals surface area contributed by atoms with E-state index in [2.05, 4.69) is 5.32 Å². The lowest BCUT2D eigenvalue weighted by Crippen LogP contribution is -2.52. The molecular weight excluding hydrogens is 342 g/mol. The molecule has 2 saturated heterocycles. The molecule has 1 N–H and O–H groups in total. The van der Waals surface area contributed by atoms with Crippen LogP contribution in [-0.4, -0.2) is 62.3 Å². The molecule has 0 aromatic heterocycles. The number of hydrogen-bond donors (Lipinski definition) is 1. The van der Waals surface area contributed by atoms with Gasteiger partial charge in [0.2, 0.25) is 0 Å². The van der Waals surface area contributed by atoms with Crippen molar-refractivity contribution in [1.82, 2.24) is 5.32 Å². The highest BCUT2D eigenvalue weighted by Crippen LogP contribution is 2.35. The maximum atomic E-state index is 11.9. The monoisotopic (exact) mass is 367 g/mol. The molecule has 0 saturated carbocycles. The van der Waals surface area contributed by atoms with E-state index in [-0.39, 0.29) is 36.6 Å². The van der Waals surface area contributed by atoms with Crippen LogP contribution in [0, 0.1) is 0 Å². The van der Waals surface area contributed by atoms with Gasteiger partial charge in [-0.05, 0) is 24.0 Å². The highest BCUT2D eigenvalue weighted by molar-refractivity contribution is 7.98. The van der Waals surface area contributed by atoms with Crippen LogP contribution in [0.4, 0.5) is 0 Å². The van der Waals surface area contributed by atoms with Gasteiger partial charge in [0.25, 0.3) is 0 Å². The quantitative estimate of drug-likeness (QED) is 0.525. The summed E-state index contributed by atoms with van der Waals surface area (Å²) >= 11 is 1.71. The summed E-state index contributed by atoms with van der Waals surface area (Å²) < 4.78 is 22.3. The van der Waals surface area contributed by atoms with Crippen LogP contribution in [0.25, 0.3) is 0 Å². The van der Waals surface area contributed by atoms with Crippen molar-refractivity contribution in [1.29, 1.82) is 0 Å². The fraction of sp³-hybridized carbons (Fsp3) is 0.611. The van der Waals surface area contributed by atoms with E-state index in [4.69, 9.17) is 18.9 Å². The predicted molar refractivity (Wildman–Crippen MR) is 95.4 cm³/mol. The van der Waals surface area contributed by atoms with Crippen molar-refractivity contribution >= 4 is 17.7 Å². The van der Waals surface area contributed by atoms with E-state index in [1.807, 2.05) is 36.6 Å². The van der Waals surface area contributed by atoms with Gasteiger partial charge in [0.05, 0.1) is 26.4 Å². The van der Waals surface area contributed by atoms with Crippen LogP contribution < -0.4 is 5.32 Å². The molecule has 6 nitrogen and oxygen atoms in total. The van der Waals surface area contributed by atoms with Crippen molar-refractivity contribution in [3.8, 4) is 0 Å². The summed E-state index contributed by atoms with van der Waals surface area (Å²) in [4.78, 5) is 11.9. The number of esters is 1. The van der Waals surface area contributed by atoms with E-state index in [0.717, 1.165) is 17.7 Å². The van der Waals surface area contributed by atoms with Crippen molar-refractivity contribution < 1.29 is 23.7 Å². The van der Waals surface area contributed by atoms with Gasteiger partial charge in [0, 0.05) is 0 Å².